The second-order valence-corrected chi connectivity index (χ2v) is 6.73. The van der Waals surface area contributed by atoms with E-state index in [2.05, 4.69) is 5.32 Å². The predicted molar refractivity (Wildman–Crippen MR) is 77.9 cm³/mol. The van der Waals surface area contributed by atoms with E-state index in [-0.39, 0.29) is 23.4 Å². The maximum atomic E-state index is 14.1. The fourth-order valence-corrected chi connectivity index (χ4v) is 3.41. The highest BCUT2D eigenvalue weighted by molar-refractivity contribution is 5.92. The van der Waals surface area contributed by atoms with Gasteiger partial charge < -0.3 is 4.90 Å². The number of halogens is 1. The van der Waals surface area contributed by atoms with E-state index in [4.69, 9.17) is 0 Å². The fourth-order valence-electron chi connectivity index (χ4n) is 3.41. The maximum absolute atomic E-state index is 14.1. The zero-order valence-corrected chi connectivity index (χ0v) is 12.1. The molecule has 0 aromatic heterocycles. The average Bonchev–Trinajstić information content (AvgIpc) is 3.37. The van der Waals surface area contributed by atoms with Gasteiger partial charge in [-0.25, -0.2) is 4.39 Å². The lowest BCUT2D eigenvalue weighted by molar-refractivity contribution is -0.131. The summed E-state index contributed by atoms with van der Waals surface area (Å²) >= 11 is 0. The average molecular weight is 288 g/mol. The summed E-state index contributed by atoms with van der Waals surface area (Å²) in [5, 5.41) is 3.39. The SMILES string of the molecule is O=C1N(CCCC2CC2)C(c2ccccc2F)NC12CC2. The molecule has 1 N–H and O–H groups in total. The molecule has 4 rings (SSSR count). The molecule has 2 saturated carbocycles. The van der Waals surface area contributed by atoms with Crippen molar-refractivity contribution in [2.75, 3.05) is 6.54 Å². The van der Waals surface area contributed by atoms with Crippen molar-refractivity contribution in [3.05, 3.63) is 35.6 Å². The Morgan fingerprint density at radius 2 is 2.05 bits per heavy atom. The number of nitrogens with zero attached hydrogens (tertiary/aromatic N) is 1. The van der Waals surface area contributed by atoms with Gasteiger partial charge in [0.05, 0.1) is 0 Å². The van der Waals surface area contributed by atoms with Crippen molar-refractivity contribution in [1.82, 2.24) is 10.2 Å². The lowest BCUT2D eigenvalue weighted by Crippen LogP contribution is -2.33. The molecule has 2 aliphatic carbocycles. The van der Waals surface area contributed by atoms with Crippen LogP contribution in [0.2, 0.25) is 0 Å². The van der Waals surface area contributed by atoms with Gasteiger partial charge in [-0.05, 0) is 37.7 Å². The molecule has 1 aromatic carbocycles. The van der Waals surface area contributed by atoms with Gasteiger partial charge in [0.1, 0.15) is 17.5 Å². The van der Waals surface area contributed by atoms with Gasteiger partial charge in [0.25, 0.3) is 0 Å². The van der Waals surface area contributed by atoms with Crippen molar-refractivity contribution in [2.45, 2.75) is 50.2 Å². The molecule has 4 heteroatoms. The summed E-state index contributed by atoms with van der Waals surface area (Å²) in [6.45, 7) is 0.739. The van der Waals surface area contributed by atoms with E-state index in [1.54, 1.807) is 12.1 Å². The third-order valence-electron chi connectivity index (χ3n) is 5.05. The van der Waals surface area contributed by atoms with Crippen LogP contribution in [0.1, 0.15) is 50.3 Å². The first-order chi connectivity index (χ1) is 10.2. The number of amides is 1. The van der Waals surface area contributed by atoms with Crippen LogP contribution in [0.15, 0.2) is 24.3 Å². The normalized spacial score (nSPS) is 26.6. The van der Waals surface area contributed by atoms with Crippen molar-refractivity contribution in [3.8, 4) is 0 Å². The number of carbonyl (C=O) groups is 1. The van der Waals surface area contributed by atoms with Crippen molar-refractivity contribution in [2.24, 2.45) is 5.92 Å². The maximum Gasteiger partial charge on any atom is 0.244 e. The van der Waals surface area contributed by atoms with Crippen LogP contribution in [0, 0.1) is 11.7 Å². The van der Waals surface area contributed by atoms with Crippen LogP contribution in [0.4, 0.5) is 4.39 Å². The lowest BCUT2D eigenvalue weighted by atomic mass is 10.1. The summed E-state index contributed by atoms with van der Waals surface area (Å²) in [7, 11) is 0. The quantitative estimate of drug-likeness (QED) is 0.903. The smallest absolute Gasteiger partial charge is 0.244 e. The van der Waals surface area contributed by atoms with Crippen molar-refractivity contribution >= 4 is 5.91 Å². The number of hydrogen-bond donors (Lipinski definition) is 1. The van der Waals surface area contributed by atoms with Gasteiger partial charge in [0.15, 0.2) is 0 Å². The van der Waals surface area contributed by atoms with Gasteiger partial charge >= 0.3 is 0 Å². The molecular formula is C17H21FN2O. The molecule has 1 amide bonds. The fraction of sp³-hybridized carbons (Fsp3) is 0.588. The van der Waals surface area contributed by atoms with Gasteiger partial charge in [0, 0.05) is 12.1 Å². The molecule has 0 bridgehead atoms. The Labute approximate surface area is 124 Å². The van der Waals surface area contributed by atoms with Crippen molar-refractivity contribution < 1.29 is 9.18 Å². The van der Waals surface area contributed by atoms with Crippen LogP contribution >= 0.6 is 0 Å². The minimum absolute atomic E-state index is 0.173. The topological polar surface area (TPSA) is 32.3 Å². The number of hydrogen-bond acceptors (Lipinski definition) is 2. The van der Waals surface area contributed by atoms with Crippen LogP contribution < -0.4 is 5.32 Å². The highest BCUT2D eigenvalue weighted by atomic mass is 19.1. The second kappa shape index (κ2) is 4.80. The minimum atomic E-state index is -0.382. The molecule has 21 heavy (non-hydrogen) atoms. The van der Waals surface area contributed by atoms with E-state index in [0.717, 1.165) is 31.7 Å². The van der Waals surface area contributed by atoms with Crippen LogP contribution in [-0.4, -0.2) is 22.9 Å². The van der Waals surface area contributed by atoms with Gasteiger partial charge in [-0.3, -0.25) is 10.1 Å². The molecular weight excluding hydrogens is 267 g/mol. The molecule has 1 atom stereocenters. The second-order valence-electron chi connectivity index (χ2n) is 6.73. The largest absolute Gasteiger partial charge is 0.321 e. The minimum Gasteiger partial charge on any atom is -0.321 e. The lowest BCUT2D eigenvalue weighted by Gasteiger charge is -2.24. The molecule has 1 aromatic rings. The van der Waals surface area contributed by atoms with Crippen LogP contribution in [0.25, 0.3) is 0 Å². The number of carbonyl (C=O) groups excluding carboxylic acids is 1. The van der Waals surface area contributed by atoms with Crippen LogP contribution in [0.3, 0.4) is 0 Å². The zero-order chi connectivity index (χ0) is 14.4. The molecule has 3 fully saturated rings. The Morgan fingerprint density at radius 3 is 2.71 bits per heavy atom. The summed E-state index contributed by atoms with van der Waals surface area (Å²) < 4.78 is 14.1. The molecule has 1 aliphatic heterocycles. The molecule has 1 saturated heterocycles. The summed E-state index contributed by atoms with van der Waals surface area (Å²) in [6.07, 6.45) is 6.38. The number of benzene rings is 1. The highest BCUT2D eigenvalue weighted by Gasteiger charge is 2.59. The molecule has 3 aliphatic rings. The first-order valence-electron chi connectivity index (χ1n) is 8.03. The third kappa shape index (κ3) is 2.35. The Balaban J connectivity index is 1.54. The molecule has 112 valence electrons. The first kappa shape index (κ1) is 13.3. The Morgan fingerprint density at radius 1 is 1.29 bits per heavy atom. The molecule has 0 radical (unpaired) electrons. The van der Waals surface area contributed by atoms with Gasteiger partial charge in [-0.15, -0.1) is 0 Å². The standard InChI is InChI=1S/C17H21FN2O/c18-14-6-2-1-5-13(14)15-19-17(9-10-17)16(21)20(15)11-3-4-12-7-8-12/h1-2,5-6,12,15,19H,3-4,7-11H2. The van der Waals surface area contributed by atoms with Crippen LogP contribution in [-0.2, 0) is 4.79 Å². The Hall–Kier alpha value is -1.42. The van der Waals surface area contributed by atoms with Crippen molar-refractivity contribution in [1.29, 1.82) is 0 Å². The van der Waals surface area contributed by atoms with Crippen molar-refractivity contribution in [3.63, 3.8) is 0 Å². The van der Waals surface area contributed by atoms with E-state index in [1.165, 1.54) is 25.3 Å². The number of rotatable bonds is 5. The van der Waals surface area contributed by atoms with Gasteiger partial charge in [0.2, 0.25) is 5.91 Å². The van der Waals surface area contributed by atoms with Gasteiger partial charge in [-0.2, -0.15) is 0 Å². The Bertz CT molecular complexity index is 566. The monoisotopic (exact) mass is 288 g/mol. The number of nitrogens with one attached hydrogen (secondary N) is 1. The zero-order valence-electron chi connectivity index (χ0n) is 12.1. The van der Waals surface area contributed by atoms with E-state index in [1.807, 2.05) is 11.0 Å². The summed E-state index contributed by atoms with van der Waals surface area (Å²) in [5.74, 6) is 0.816. The van der Waals surface area contributed by atoms with E-state index < -0.39 is 0 Å². The van der Waals surface area contributed by atoms with E-state index in [9.17, 15) is 9.18 Å². The predicted octanol–water partition coefficient (Wildman–Crippen LogP) is 2.98. The summed E-state index contributed by atoms with van der Waals surface area (Å²) in [6, 6.07) is 6.79. The molecule has 3 nitrogen and oxygen atoms in total. The first-order valence-corrected chi connectivity index (χ1v) is 8.03. The summed E-state index contributed by atoms with van der Waals surface area (Å²) in [5.41, 5.74) is 0.216. The van der Waals surface area contributed by atoms with Gasteiger partial charge in [-0.1, -0.05) is 31.0 Å². The van der Waals surface area contributed by atoms with E-state index in [0.29, 0.717) is 5.56 Å². The third-order valence-corrected chi connectivity index (χ3v) is 5.05. The summed E-state index contributed by atoms with van der Waals surface area (Å²) in [4.78, 5) is 14.5. The van der Waals surface area contributed by atoms with E-state index >= 15 is 0 Å². The molecule has 1 heterocycles. The Kier molecular flexibility index (Phi) is 3.03. The van der Waals surface area contributed by atoms with Crippen LogP contribution in [0.5, 0.6) is 0 Å². The molecule has 1 unspecified atom stereocenters. The highest BCUT2D eigenvalue weighted by Crippen LogP contribution is 2.46. The molecule has 1 spiro atoms.